The van der Waals surface area contributed by atoms with E-state index >= 15 is 0 Å². The number of pyridine rings is 1. The van der Waals surface area contributed by atoms with Crippen LogP contribution in [0.25, 0.3) is 0 Å². The van der Waals surface area contributed by atoms with Crippen LogP contribution in [0.2, 0.25) is 0 Å². The predicted molar refractivity (Wildman–Crippen MR) is 76.9 cm³/mol. The first kappa shape index (κ1) is 12.7. The summed E-state index contributed by atoms with van der Waals surface area (Å²) in [5, 5.41) is 0. The topological polar surface area (TPSA) is 28.6 Å². The van der Waals surface area contributed by atoms with Crippen LogP contribution in [0.3, 0.4) is 0 Å². The summed E-state index contributed by atoms with van der Waals surface area (Å²) in [6, 6.07) is 3.27. The Hall–Kier alpha value is -1.29. The zero-order valence-electron chi connectivity index (χ0n) is 12.1. The highest BCUT2D eigenvalue weighted by Crippen LogP contribution is 2.33. The molecule has 3 heterocycles. The maximum Gasteiger partial charge on any atom is 0.171 e. The minimum atomic E-state index is 0.535. The van der Waals surface area contributed by atoms with Gasteiger partial charge in [-0.1, -0.05) is 0 Å². The van der Waals surface area contributed by atoms with Gasteiger partial charge in [-0.05, 0) is 32.4 Å². The van der Waals surface area contributed by atoms with Crippen molar-refractivity contribution in [2.24, 2.45) is 0 Å². The Morgan fingerprint density at radius 3 is 3.00 bits per heavy atom. The van der Waals surface area contributed by atoms with Gasteiger partial charge >= 0.3 is 0 Å². The Labute approximate surface area is 115 Å². The molecule has 1 saturated heterocycles. The molecule has 104 valence electrons. The van der Waals surface area contributed by atoms with Gasteiger partial charge in [0.1, 0.15) is 0 Å². The molecule has 0 radical (unpaired) electrons. The molecule has 1 fully saturated rings. The van der Waals surface area contributed by atoms with E-state index in [1.54, 1.807) is 0 Å². The van der Waals surface area contributed by atoms with Crippen molar-refractivity contribution in [2.45, 2.75) is 39.3 Å². The highest BCUT2D eigenvalue weighted by Gasteiger charge is 2.32. The summed E-state index contributed by atoms with van der Waals surface area (Å²) >= 11 is 0. The van der Waals surface area contributed by atoms with E-state index in [1.165, 1.54) is 0 Å². The predicted octanol–water partition coefficient (Wildman–Crippen LogP) is 2.07. The van der Waals surface area contributed by atoms with Gasteiger partial charge in [-0.2, -0.15) is 0 Å². The second-order valence-corrected chi connectivity index (χ2v) is 5.91. The van der Waals surface area contributed by atoms with Crippen molar-refractivity contribution in [3.63, 3.8) is 0 Å². The third-order valence-corrected chi connectivity index (χ3v) is 4.19. The van der Waals surface area contributed by atoms with Gasteiger partial charge in [-0.3, -0.25) is 4.90 Å². The highest BCUT2D eigenvalue weighted by molar-refractivity contribution is 5.55. The first-order valence-corrected chi connectivity index (χ1v) is 7.25. The number of nitrogens with zero attached hydrogens (tertiary/aromatic N) is 3. The summed E-state index contributed by atoms with van der Waals surface area (Å²) < 4.78 is 5.89. The number of hydrogen-bond acceptors (Lipinski definition) is 4. The molecule has 0 aliphatic carbocycles. The maximum absolute atomic E-state index is 5.89. The van der Waals surface area contributed by atoms with Crippen LogP contribution in [-0.2, 0) is 0 Å². The van der Waals surface area contributed by atoms with Crippen molar-refractivity contribution in [1.29, 1.82) is 0 Å². The average Bonchev–Trinajstić information content (AvgIpc) is 2.56. The van der Waals surface area contributed by atoms with Crippen LogP contribution in [0.4, 0.5) is 5.82 Å². The molecule has 2 aliphatic heterocycles. The third-order valence-electron chi connectivity index (χ3n) is 4.19. The fourth-order valence-electron chi connectivity index (χ4n) is 3.04. The van der Waals surface area contributed by atoms with Crippen LogP contribution in [0, 0.1) is 6.92 Å². The average molecular weight is 261 g/mol. The van der Waals surface area contributed by atoms with E-state index in [1.807, 2.05) is 6.20 Å². The van der Waals surface area contributed by atoms with Crippen LogP contribution in [-0.4, -0.2) is 48.2 Å². The van der Waals surface area contributed by atoms with Gasteiger partial charge < -0.3 is 9.64 Å². The molecule has 2 aliphatic rings. The monoisotopic (exact) mass is 261 g/mol. The van der Waals surface area contributed by atoms with E-state index in [0.717, 1.165) is 49.8 Å². The van der Waals surface area contributed by atoms with Gasteiger partial charge in [0.2, 0.25) is 0 Å². The van der Waals surface area contributed by atoms with Gasteiger partial charge in [0.05, 0.1) is 6.61 Å². The molecule has 0 bridgehead atoms. The van der Waals surface area contributed by atoms with Crippen molar-refractivity contribution in [1.82, 2.24) is 9.88 Å². The number of rotatable bonds is 1. The van der Waals surface area contributed by atoms with Gasteiger partial charge in [0.25, 0.3) is 0 Å². The molecule has 0 amide bonds. The van der Waals surface area contributed by atoms with Crippen LogP contribution in [0.1, 0.15) is 25.8 Å². The molecule has 1 unspecified atom stereocenters. The lowest BCUT2D eigenvalue weighted by Crippen LogP contribution is -2.55. The van der Waals surface area contributed by atoms with Gasteiger partial charge in [-0.25, -0.2) is 4.98 Å². The van der Waals surface area contributed by atoms with Gasteiger partial charge in [-0.15, -0.1) is 0 Å². The molecule has 1 aromatic heterocycles. The van der Waals surface area contributed by atoms with Crippen molar-refractivity contribution < 1.29 is 4.74 Å². The van der Waals surface area contributed by atoms with Gasteiger partial charge in [0.15, 0.2) is 11.6 Å². The van der Waals surface area contributed by atoms with E-state index in [0.29, 0.717) is 12.1 Å². The van der Waals surface area contributed by atoms with Crippen LogP contribution >= 0.6 is 0 Å². The lowest BCUT2D eigenvalue weighted by atomic mass is 10.1. The number of hydrogen-bond donors (Lipinski definition) is 0. The summed E-state index contributed by atoms with van der Waals surface area (Å²) in [6.07, 6.45) is 3.03. The zero-order valence-corrected chi connectivity index (χ0v) is 12.1. The van der Waals surface area contributed by atoms with Crippen molar-refractivity contribution in [2.75, 3.05) is 31.1 Å². The number of aryl methyl sites for hydroxylation is 1. The summed E-state index contributed by atoms with van der Waals surface area (Å²) in [5.74, 6) is 2.00. The van der Waals surface area contributed by atoms with Crippen LogP contribution in [0.15, 0.2) is 12.3 Å². The standard InChI is InChI=1S/C15H23N3O/c1-11(2)17-5-6-18-13(10-17)4-7-19-14-8-12(3)9-16-15(14)18/h8-9,11,13H,4-7,10H2,1-3H3. The lowest BCUT2D eigenvalue weighted by molar-refractivity contribution is 0.172. The summed E-state index contributed by atoms with van der Waals surface area (Å²) in [5.41, 5.74) is 1.16. The molecule has 0 spiro atoms. The Morgan fingerprint density at radius 1 is 1.37 bits per heavy atom. The number of ether oxygens (including phenoxy) is 1. The minimum Gasteiger partial charge on any atom is -0.490 e. The van der Waals surface area contributed by atoms with E-state index in [9.17, 15) is 0 Å². The zero-order chi connectivity index (χ0) is 13.4. The largest absolute Gasteiger partial charge is 0.490 e. The number of aromatic nitrogens is 1. The summed E-state index contributed by atoms with van der Waals surface area (Å²) in [4.78, 5) is 9.62. The lowest BCUT2D eigenvalue weighted by Gasteiger charge is -2.42. The summed E-state index contributed by atoms with van der Waals surface area (Å²) in [7, 11) is 0. The first-order chi connectivity index (χ1) is 9.15. The third kappa shape index (κ3) is 2.41. The fraction of sp³-hybridized carbons (Fsp3) is 0.667. The van der Waals surface area contributed by atoms with E-state index < -0.39 is 0 Å². The Morgan fingerprint density at radius 2 is 2.21 bits per heavy atom. The molecule has 4 nitrogen and oxygen atoms in total. The molecule has 1 aromatic rings. The molecule has 1 atom stereocenters. The molecule has 0 saturated carbocycles. The Kier molecular flexibility index (Phi) is 3.35. The number of fused-ring (bicyclic) bond motifs is 3. The van der Waals surface area contributed by atoms with E-state index in [2.05, 4.69) is 41.6 Å². The normalized spacial score (nSPS) is 23.6. The minimum absolute atomic E-state index is 0.535. The van der Waals surface area contributed by atoms with E-state index in [4.69, 9.17) is 4.74 Å². The van der Waals surface area contributed by atoms with Gasteiger partial charge in [0, 0.05) is 44.3 Å². The van der Waals surface area contributed by atoms with Crippen molar-refractivity contribution in [3.05, 3.63) is 17.8 Å². The van der Waals surface area contributed by atoms with Crippen LogP contribution < -0.4 is 9.64 Å². The molecule has 3 rings (SSSR count). The number of piperazine rings is 1. The van der Waals surface area contributed by atoms with Crippen molar-refractivity contribution >= 4 is 5.82 Å². The Balaban J connectivity index is 1.87. The highest BCUT2D eigenvalue weighted by atomic mass is 16.5. The smallest absolute Gasteiger partial charge is 0.171 e. The maximum atomic E-state index is 5.89. The van der Waals surface area contributed by atoms with Crippen molar-refractivity contribution in [3.8, 4) is 5.75 Å². The Bertz CT molecular complexity index is 461. The first-order valence-electron chi connectivity index (χ1n) is 7.25. The molecular formula is C15H23N3O. The summed E-state index contributed by atoms with van der Waals surface area (Å²) in [6.45, 7) is 10.7. The molecule has 4 heteroatoms. The van der Waals surface area contributed by atoms with Crippen LogP contribution in [0.5, 0.6) is 5.75 Å². The number of anilines is 1. The molecular weight excluding hydrogens is 238 g/mol. The quantitative estimate of drug-likeness (QED) is 0.774. The molecule has 0 N–H and O–H groups in total. The molecule has 19 heavy (non-hydrogen) atoms. The second kappa shape index (κ2) is 5.00. The fourth-order valence-corrected chi connectivity index (χ4v) is 3.04. The van der Waals surface area contributed by atoms with E-state index in [-0.39, 0.29) is 0 Å². The second-order valence-electron chi connectivity index (χ2n) is 5.91. The SMILES string of the molecule is Cc1cnc2c(c1)OCCC1CN(C(C)C)CCN21. The molecule has 0 aromatic carbocycles.